The lowest BCUT2D eigenvalue weighted by atomic mass is 9.78. The van der Waals surface area contributed by atoms with Crippen molar-refractivity contribution in [2.75, 3.05) is 13.6 Å². The van der Waals surface area contributed by atoms with Gasteiger partial charge in [-0.2, -0.15) is 0 Å². The summed E-state index contributed by atoms with van der Waals surface area (Å²) in [6.45, 7) is 2.73. The van der Waals surface area contributed by atoms with E-state index < -0.39 is 11.5 Å². The molecule has 0 aromatic rings. The van der Waals surface area contributed by atoms with Gasteiger partial charge in [-0.15, -0.1) is 0 Å². The first-order valence-electron chi connectivity index (χ1n) is 8.79. The number of hydrogen-bond acceptors (Lipinski definition) is 3. The van der Waals surface area contributed by atoms with Gasteiger partial charge in [0, 0.05) is 12.1 Å². The molecule has 21 heavy (non-hydrogen) atoms. The predicted molar refractivity (Wildman–Crippen MR) is 85.6 cm³/mol. The van der Waals surface area contributed by atoms with Crippen LogP contribution in [0, 0.1) is 0 Å². The highest BCUT2D eigenvalue weighted by atomic mass is 16.4. The van der Waals surface area contributed by atoms with E-state index >= 15 is 0 Å². The minimum Gasteiger partial charge on any atom is -0.480 e. The quantitative estimate of drug-likeness (QED) is 0.766. The van der Waals surface area contributed by atoms with E-state index in [2.05, 4.69) is 17.3 Å². The minimum atomic E-state index is -0.698. The third kappa shape index (κ3) is 3.98. The summed E-state index contributed by atoms with van der Waals surface area (Å²) in [5, 5.41) is 13.0. The number of carboxylic acids is 1. The number of aliphatic carboxylic acids is 1. The van der Waals surface area contributed by atoms with Crippen molar-refractivity contribution in [2.24, 2.45) is 0 Å². The summed E-state index contributed by atoms with van der Waals surface area (Å²) >= 11 is 0. The van der Waals surface area contributed by atoms with E-state index in [1.807, 2.05) is 6.92 Å². The molecule has 0 heterocycles. The standard InChI is InChI=1S/C17H32N2O2/c1-3-18-17(16(20)21)12-8-11-15(13-17)19(2)14-9-6-4-5-7-10-14/h14-15,18H,3-13H2,1-2H3,(H,20,21). The van der Waals surface area contributed by atoms with E-state index in [4.69, 9.17) is 0 Å². The molecule has 0 aromatic heterocycles. The largest absolute Gasteiger partial charge is 0.480 e. The van der Waals surface area contributed by atoms with Gasteiger partial charge in [0.15, 0.2) is 0 Å². The lowest BCUT2D eigenvalue weighted by Gasteiger charge is -2.44. The molecule has 2 aliphatic rings. The van der Waals surface area contributed by atoms with Gasteiger partial charge in [-0.05, 0) is 52.1 Å². The van der Waals surface area contributed by atoms with E-state index in [1.165, 1.54) is 38.5 Å². The van der Waals surface area contributed by atoms with Gasteiger partial charge in [0.05, 0.1) is 0 Å². The molecule has 2 unspecified atom stereocenters. The van der Waals surface area contributed by atoms with E-state index in [9.17, 15) is 9.90 Å². The van der Waals surface area contributed by atoms with Crippen molar-refractivity contribution in [1.29, 1.82) is 0 Å². The van der Waals surface area contributed by atoms with Crippen LogP contribution in [0.4, 0.5) is 0 Å². The number of hydrogen-bond donors (Lipinski definition) is 2. The van der Waals surface area contributed by atoms with Crippen molar-refractivity contribution < 1.29 is 9.90 Å². The molecule has 4 heteroatoms. The Labute approximate surface area is 129 Å². The Kier molecular flexibility index (Phi) is 6.06. The Hall–Kier alpha value is -0.610. The van der Waals surface area contributed by atoms with Crippen LogP contribution in [-0.4, -0.2) is 47.2 Å². The predicted octanol–water partition coefficient (Wildman–Crippen LogP) is 3.02. The summed E-state index contributed by atoms with van der Waals surface area (Å²) in [6, 6.07) is 1.07. The molecule has 2 atom stereocenters. The molecule has 0 bridgehead atoms. The Bertz CT molecular complexity index is 336. The highest BCUT2D eigenvalue weighted by molar-refractivity contribution is 5.79. The molecule has 2 saturated carbocycles. The first kappa shape index (κ1) is 16.8. The van der Waals surface area contributed by atoms with Crippen molar-refractivity contribution >= 4 is 5.97 Å². The third-order valence-electron chi connectivity index (χ3n) is 5.63. The molecular formula is C17H32N2O2. The van der Waals surface area contributed by atoms with Crippen molar-refractivity contribution in [3.8, 4) is 0 Å². The highest BCUT2D eigenvalue weighted by Crippen LogP contribution is 2.34. The topological polar surface area (TPSA) is 52.6 Å². The van der Waals surface area contributed by atoms with Crippen LogP contribution in [0.2, 0.25) is 0 Å². The molecule has 0 saturated heterocycles. The second-order valence-corrected chi connectivity index (χ2v) is 6.98. The maximum Gasteiger partial charge on any atom is 0.323 e. The van der Waals surface area contributed by atoms with E-state index in [0.717, 1.165) is 32.2 Å². The van der Waals surface area contributed by atoms with Crippen molar-refractivity contribution in [3.63, 3.8) is 0 Å². The lowest BCUT2D eigenvalue weighted by molar-refractivity contribution is -0.147. The fraction of sp³-hybridized carbons (Fsp3) is 0.941. The Balaban J connectivity index is 2.03. The van der Waals surface area contributed by atoms with Gasteiger partial charge in [0.2, 0.25) is 0 Å². The first-order chi connectivity index (χ1) is 10.1. The number of nitrogens with zero attached hydrogens (tertiary/aromatic N) is 1. The van der Waals surface area contributed by atoms with Crippen LogP contribution in [0.1, 0.15) is 71.1 Å². The Morgan fingerprint density at radius 3 is 2.33 bits per heavy atom. The van der Waals surface area contributed by atoms with Crippen LogP contribution in [0.15, 0.2) is 0 Å². The zero-order valence-corrected chi connectivity index (χ0v) is 13.7. The summed E-state index contributed by atoms with van der Waals surface area (Å²) in [5.74, 6) is -0.664. The zero-order valence-electron chi connectivity index (χ0n) is 13.7. The van der Waals surface area contributed by atoms with Crippen LogP contribution in [0.3, 0.4) is 0 Å². The zero-order chi connectivity index (χ0) is 15.3. The second kappa shape index (κ2) is 7.59. The van der Waals surface area contributed by atoms with Gasteiger partial charge in [0.25, 0.3) is 0 Å². The normalized spacial score (nSPS) is 32.0. The van der Waals surface area contributed by atoms with Gasteiger partial charge in [0.1, 0.15) is 5.54 Å². The molecule has 4 nitrogen and oxygen atoms in total. The average Bonchev–Trinajstić information content (AvgIpc) is 2.76. The fourth-order valence-electron chi connectivity index (χ4n) is 4.33. The molecule has 2 aliphatic carbocycles. The van der Waals surface area contributed by atoms with Crippen LogP contribution in [0.5, 0.6) is 0 Å². The fourth-order valence-corrected chi connectivity index (χ4v) is 4.33. The average molecular weight is 296 g/mol. The minimum absolute atomic E-state index is 0.414. The van der Waals surface area contributed by atoms with Crippen molar-refractivity contribution in [3.05, 3.63) is 0 Å². The monoisotopic (exact) mass is 296 g/mol. The summed E-state index contributed by atoms with van der Waals surface area (Å²) in [6.07, 6.45) is 11.7. The summed E-state index contributed by atoms with van der Waals surface area (Å²) in [7, 11) is 2.23. The molecule has 0 spiro atoms. The first-order valence-corrected chi connectivity index (χ1v) is 8.79. The Morgan fingerprint density at radius 2 is 1.76 bits per heavy atom. The van der Waals surface area contributed by atoms with E-state index in [1.54, 1.807) is 0 Å². The maximum absolute atomic E-state index is 11.8. The molecule has 2 N–H and O–H groups in total. The number of carboxylic acid groups (broad SMARTS) is 1. The molecular weight excluding hydrogens is 264 g/mol. The van der Waals surface area contributed by atoms with E-state index in [0.29, 0.717) is 12.1 Å². The molecule has 2 rings (SSSR count). The van der Waals surface area contributed by atoms with Crippen LogP contribution >= 0.6 is 0 Å². The van der Waals surface area contributed by atoms with Crippen molar-refractivity contribution in [1.82, 2.24) is 10.2 Å². The molecule has 0 radical (unpaired) electrons. The number of nitrogens with one attached hydrogen (secondary N) is 1. The lowest BCUT2D eigenvalue weighted by Crippen LogP contribution is -2.58. The van der Waals surface area contributed by atoms with Crippen LogP contribution in [0.25, 0.3) is 0 Å². The SMILES string of the molecule is CCNC1(C(=O)O)CCCC(N(C)C2CCCCCC2)C1. The molecule has 122 valence electrons. The number of likely N-dealkylation sites (N-methyl/N-ethyl adjacent to an activating group) is 1. The third-order valence-corrected chi connectivity index (χ3v) is 5.63. The molecule has 2 fully saturated rings. The summed E-state index contributed by atoms with van der Waals surface area (Å²) in [5.41, 5.74) is -0.698. The van der Waals surface area contributed by atoms with E-state index in [-0.39, 0.29) is 0 Å². The summed E-state index contributed by atoms with van der Waals surface area (Å²) < 4.78 is 0. The maximum atomic E-state index is 11.8. The molecule has 0 amide bonds. The van der Waals surface area contributed by atoms with Crippen LogP contribution < -0.4 is 5.32 Å². The van der Waals surface area contributed by atoms with Gasteiger partial charge in [-0.3, -0.25) is 4.79 Å². The number of rotatable bonds is 5. The van der Waals surface area contributed by atoms with Gasteiger partial charge >= 0.3 is 5.97 Å². The van der Waals surface area contributed by atoms with Crippen LogP contribution in [-0.2, 0) is 4.79 Å². The van der Waals surface area contributed by atoms with Crippen molar-refractivity contribution in [2.45, 2.75) is 88.8 Å². The number of carbonyl (C=O) groups is 1. The smallest absolute Gasteiger partial charge is 0.323 e. The summed E-state index contributed by atoms with van der Waals surface area (Å²) in [4.78, 5) is 14.3. The van der Waals surface area contributed by atoms with Gasteiger partial charge in [-0.1, -0.05) is 32.6 Å². The highest BCUT2D eigenvalue weighted by Gasteiger charge is 2.43. The van der Waals surface area contributed by atoms with Gasteiger partial charge in [-0.25, -0.2) is 0 Å². The molecule has 0 aliphatic heterocycles. The molecule has 0 aromatic carbocycles. The second-order valence-electron chi connectivity index (χ2n) is 6.98. The Morgan fingerprint density at radius 1 is 1.14 bits per heavy atom. The van der Waals surface area contributed by atoms with Gasteiger partial charge < -0.3 is 15.3 Å².